The summed E-state index contributed by atoms with van der Waals surface area (Å²) in [6, 6.07) is 14.6. The summed E-state index contributed by atoms with van der Waals surface area (Å²) in [4.78, 5) is 13.8. The number of hydrogen-bond donors (Lipinski definition) is 1. The smallest absolute Gasteiger partial charge is 0.320 e. The zero-order valence-corrected chi connectivity index (χ0v) is 14.7. The van der Waals surface area contributed by atoms with Crippen molar-refractivity contribution in [3.63, 3.8) is 0 Å². The van der Waals surface area contributed by atoms with Gasteiger partial charge in [-0.3, -0.25) is 9.69 Å². The number of nitrogens with zero attached hydrogens (tertiary/aromatic N) is 1. The lowest BCUT2D eigenvalue weighted by Crippen LogP contribution is -2.46. The van der Waals surface area contributed by atoms with Crippen molar-refractivity contribution >= 4 is 29.2 Å². The van der Waals surface area contributed by atoms with E-state index in [4.69, 9.17) is 23.2 Å². The minimum Gasteiger partial charge on any atom is -0.480 e. The van der Waals surface area contributed by atoms with Gasteiger partial charge in [0.05, 0.1) is 6.04 Å². The summed E-state index contributed by atoms with van der Waals surface area (Å²) in [5.41, 5.74) is 1.97. The molecule has 3 rings (SSSR count). The summed E-state index contributed by atoms with van der Waals surface area (Å²) >= 11 is 12.4. The van der Waals surface area contributed by atoms with Crippen LogP contribution in [0.2, 0.25) is 10.0 Å². The van der Waals surface area contributed by atoms with Gasteiger partial charge in [0, 0.05) is 10.0 Å². The maximum Gasteiger partial charge on any atom is 0.320 e. The molecule has 1 aliphatic rings. The lowest BCUT2D eigenvalue weighted by molar-refractivity contribution is -0.145. The van der Waals surface area contributed by atoms with Gasteiger partial charge in [0.15, 0.2) is 0 Å². The van der Waals surface area contributed by atoms with E-state index in [0.29, 0.717) is 16.5 Å². The Morgan fingerprint density at radius 2 is 1.62 bits per heavy atom. The monoisotopic (exact) mass is 363 g/mol. The molecule has 0 amide bonds. The number of aliphatic carboxylic acids is 1. The first-order chi connectivity index (χ1) is 11.6. The second-order valence-corrected chi connectivity index (χ2v) is 6.97. The Balaban J connectivity index is 2.09. The van der Waals surface area contributed by atoms with Crippen LogP contribution in [0.25, 0.3) is 0 Å². The molecule has 24 heavy (non-hydrogen) atoms. The standard InChI is InChI=1S/C19H19Cl2NO2/c20-15-7-3-5-13(11-15)18(14-6-4-8-16(21)12-14)22-10-2-1-9-17(22)19(23)24/h3-8,11-12,17-18H,1-2,9-10H2,(H,23,24). The molecule has 1 unspecified atom stereocenters. The van der Waals surface area contributed by atoms with Gasteiger partial charge in [-0.25, -0.2) is 0 Å². The number of likely N-dealkylation sites (tertiary alicyclic amines) is 1. The molecule has 126 valence electrons. The van der Waals surface area contributed by atoms with Crippen LogP contribution < -0.4 is 0 Å². The second kappa shape index (κ2) is 7.56. The minimum atomic E-state index is -0.774. The Kier molecular flexibility index (Phi) is 5.44. The Morgan fingerprint density at radius 1 is 1.04 bits per heavy atom. The highest BCUT2D eigenvalue weighted by Gasteiger charge is 2.35. The van der Waals surface area contributed by atoms with E-state index in [2.05, 4.69) is 4.90 Å². The van der Waals surface area contributed by atoms with E-state index in [0.717, 1.165) is 30.5 Å². The van der Waals surface area contributed by atoms with Crippen molar-refractivity contribution in [3.8, 4) is 0 Å². The molecule has 0 spiro atoms. The van der Waals surface area contributed by atoms with E-state index in [9.17, 15) is 9.90 Å². The summed E-state index contributed by atoms with van der Waals surface area (Å²) in [7, 11) is 0. The summed E-state index contributed by atoms with van der Waals surface area (Å²) < 4.78 is 0. The van der Waals surface area contributed by atoms with E-state index in [1.165, 1.54) is 0 Å². The maximum atomic E-state index is 11.8. The predicted molar refractivity (Wildman–Crippen MR) is 96.7 cm³/mol. The highest BCUT2D eigenvalue weighted by atomic mass is 35.5. The van der Waals surface area contributed by atoms with Crippen LogP contribution >= 0.6 is 23.2 Å². The van der Waals surface area contributed by atoms with Crippen molar-refractivity contribution in [1.82, 2.24) is 4.90 Å². The summed E-state index contributed by atoms with van der Waals surface area (Å²) in [6.07, 6.45) is 2.58. The van der Waals surface area contributed by atoms with Gasteiger partial charge < -0.3 is 5.11 Å². The molecule has 5 heteroatoms. The number of carboxylic acids is 1. The van der Waals surface area contributed by atoms with Crippen molar-refractivity contribution in [2.24, 2.45) is 0 Å². The van der Waals surface area contributed by atoms with Gasteiger partial charge in [-0.1, -0.05) is 53.9 Å². The van der Waals surface area contributed by atoms with Crippen LogP contribution in [0.4, 0.5) is 0 Å². The molecular weight excluding hydrogens is 345 g/mol. The molecular formula is C19H19Cl2NO2. The van der Waals surface area contributed by atoms with E-state index in [1.807, 2.05) is 48.5 Å². The van der Waals surface area contributed by atoms with Crippen molar-refractivity contribution in [2.45, 2.75) is 31.3 Å². The van der Waals surface area contributed by atoms with Gasteiger partial charge >= 0.3 is 5.97 Å². The molecule has 0 aliphatic carbocycles. The molecule has 1 atom stereocenters. The molecule has 0 radical (unpaired) electrons. The first kappa shape index (κ1) is 17.3. The highest BCUT2D eigenvalue weighted by Crippen LogP contribution is 2.35. The molecule has 1 fully saturated rings. The third kappa shape index (κ3) is 3.75. The van der Waals surface area contributed by atoms with Gasteiger partial charge in [-0.05, 0) is 54.8 Å². The normalized spacial score (nSPS) is 18.7. The molecule has 2 aromatic rings. The minimum absolute atomic E-state index is 0.177. The third-order valence-corrected chi connectivity index (χ3v) is 4.96. The first-order valence-corrected chi connectivity index (χ1v) is 8.81. The molecule has 0 aromatic heterocycles. The molecule has 1 heterocycles. The SMILES string of the molecule is O=C(O)C1CCCCN1C(c1cccc(Cl)c1)c1cccc(Cl)c1. The van der Waals surface area contributed by atoms with Crippen LogP contribution in [0.15, 0.2) is 48.5 Å². The lowest BCUT2D eigenvalue weighted by atomic mass is 9.92. The van der Waals surface area contributed by atoms with E-state index >= 15 is 0 Å². The van der Waals surface area contributed by atoms with E-state index in [1.54, 1.807) is 0 Å². The zero-order valence-electron chi connectivity index (χ0n) is 13.2. The number of rotatable bonds is 4. The van der Waals surface area contributed by atoms with Crippen molar-refractivity contribution in [1.29, 1.82) is 0 Å². The topological polar surface area (TPSA) is 40.5 Å². The van der Waals surface area contributed by atoms with Crippen molar-refractivity contribution in [3.05, 3.63) is 69.7 Å². The quantitative estimate of drug-likeness (QED) is 0.828. The second-order valence-electron chi connectivity index (χ2n) is 6.10. The van der Waals surface area contributed by atoms with Crippen molar-refractivity contribution in [2.75, 3.05) is 6.54 Å². The van der Waals surface area contributed by atoms with Gasteiger partial charge in [-0.2, -0.15) is 0 Å². The number of hydrogen-bond acceptors (Lipinski definition) is 2. The van der Waals surface area contributed by atoms with Gasteiger partial charge in [-0.15, -0.1) is 0 Å². The van der Waals surface area contributed by atoms with Crippen LogP contribution in [0.3, 0.4) is 0 Å². The van der Waals surface area contributed by atoms with Crippen LogP contribution in [0.5, 0.6) is 0 Å². The van der Waals surface area contributed by atoms with Gasteiger partial charge in [0.25, 0.3) is 0 Å². The number of piperidine rings is 1. The van der Waals surface area contributed by atoms with E-state index in [-0.39, 0.29) is 6.04 Å². The fourth-order valence-electron chi connectivity index (χ4n) is 3.46. The number of halogens is 2. The Hall–Kier alpha value is -1.55. The Bertz CT molecular complexity index is 689. The number of carbonyl (C=O) groups is 1. The van der Waals surface area contributed by atoms with Crippen LogP contribution in [0.1, 0.15) is 36.4 Å². The van der Waals surface area contributed by atoms with Gasteiger partial charge in [0.1, 0.15) is 6.04 Å². The maximum absolute atomic E-state index is 11.8. The summed E-state index contributed by atoms with van der Waals surface area (Å²) in [5, 5.41) is 11.0. The fourth-order valence-corrected chi connectivity index (χ4v) is 3.85. The molecule has 0 saturated carbocycles. The zero-order chi connectivity index (χ0) is 17.1. The average Bonchev–Trinajstić information content (AvgIpc) is 2.56. The summed E-state index contributed by atoms with van der Waals surface area (Å²) in [6.45, 7) is 0.737. The Morgan fingerprint density at radius 3 is 2.12 bits per heavy atom. The van der Waals surface area contributed by atoms with E-state index < -0.39 is 12.0 Å². The van der Waals surface area contributed by atoms with Crippen LogP contribution in [0, 0.1) is 0 Å². The number of benzene rings is 2. The van der Waals surface area contributed by atoms with Gasteiger partial charge in [0.2, 0.25) is 0 Å². The molecule has 1 aliphatic heterocycles. The molecule has 1 saturated heterocycles. The van der Waals surface area contributed by atoms with Crippen molar-refractivity contribution < 1.29 is 9.90 Å². The predicted octanol–water partition coefficient (Wildman–Crippen LogP) is 5.02. The molecule has 1 N–H and O–H groups in total. The fraction of sp³-hybridized carbons (Fsp3) is 0.316. The largest absolute Gasteiger partial charge is 0.480 e. The Labute approximate surface area is 151 Å². The summed E-state index contributed by atoms with van der Waals surface area (Å²) in [5.74, 6) is -0.774. The first-order valence-electron chi connectivity index (χ1n) is 8.06. The van der Waals surface area contributed by atoms with Crippen LogP contribution in [-0.4, -0.2) is 28.6 Å². The molecule has 2 aromatic carbocycles. The number of carboxylic acid groups (broad SMARTS) is 1. The lowest BCUT2D eigenvalue weighted by Gasteiger charge is -2.39. The molecule has 0 bridgehead atoms. The molecule has 3 nitrogen and oxygen atoms in total. The average molecular weight is 364 g/mol. The highest BCUT2D eigenvalue weighted by molar-refractivity contribution is 6.31. The third-order valence-electron chi connectivity index (χ3n) is 4.49. The van der Waals surface area contributed by atoms with Crippen LogP contribution in [-0.2, 0) is 4.79 Å².